The number of carbonyl (C=O) groups is 2. The number of likely N-dealkylation sites (tertiary alicyclic amines) is 1. The number of thiazole rings is 1. The Labute approximate surface area is 190 Å². The van der Waals surface area contributed by atoms with E-state index in [9.17, 15) is 9.59 Å². The van der Waals surface area contributed by atoms with Crippen LogP contribution in [0.1, 0.15) is 23.3 Å². The van der Waals surface area contributed by atoms with Gasteiger partial charge in [0.1, 0.15) is 10.7 Å². The van der Waals surface area contributed by atoms with E-state index < -0.39 is 0 Å². The van der Waals surface area contributed by atoms with Crippen LogP contribution in [0.4, 0.5) is 5.69 Å². The van der Waals surface area contributed by atoms with Crippen molar-refractivity contribution in [2.75, 3.05) is 25.0 Å². The van der Waals surface area contributed by atoms with Crippen molar-refractivity contribution in [3.63, 3.8) is 0 Å². The molecule has 31 heavy (non-hydrogen) atoms. The molecule has 0 bridgehead atoms. The van der Waals surface area contributed by atoms with Crippen molar-refractivity contribution in [3.8, 4) is 10.6 Å². The van der Waals surface area contributed by atoms with Gasteiger partial charge in [-0.3, -0.25) is 14.5 Å². The van der Waals surface area contributed by atoms with Gasteiger partial charge in [0.2, 0.25) is 5.91 Å². The minimum atomic E-state index is -0.156. The number of benzene rings is 2. The number of anilines is 1. The van der Waals surface area contributed by atoms with Crippen molar-refractivity contribution in [2.45, 2.75) is 18.9 Å². The highest BCUT2D eigenvalue weighted by atomic mass is 35.5. The van der Waals surface area contributed by atoms with E-state index in [1.807, 2.05) is 54.6 Å². The third-order valence-electron chi connectivity index (χ3n) is 5.18. The lowest BCUT2D eigenvalue weighted by atomic mass is 10.0. The van der Waals surface area contributed by atoms with Crippen LogP contribution in [0, 0.1) is 0 Å². The van der Waals surface area contributed by atoms with E-state index >= 15 is 0 Å². The van der Waals surface area contributed by atoms with Gasteiger partial charge in [0.15, 0.2) is 0 Å². The van der Waals surface area contributed by atoms with Crippen molar-refractivity contribution >= 4 is 40.4 Å². The second kappa shape index (κ2) is 10.0. The number of hydrogen-bond acceptors (Lipinski definition) is 5. The van der Waals surface area contributed by atoms with E-state index in [0.717, 1.165) is 42.2 Å². The third-order valence-corrected chi connectivity index (χ3v) is 6.32. The number of nitrogens with zero attached hydrogens (tertiary/aromatic N) is 2. The Morgan fingerprint density at radius 2 is 1.77 bits per heavy atom. The second-order valence-corrected chi connectivity index (χ2v) is 8.78. The van der Waals surface area contributed by atoms with Gasteiger partial charge < -0.3 is 10.6 Å². The molecule has 0 radical (unpaired) electrons. The molecule has 1 saturated heterocycles. The highest BCUT2D eigenvalue weighted by molar-refractivity contribution is 7.13. The molecule has 1 fully saturated rings. The average molecular weight is 455 g/mol. The molecule has 0 aliphatic carbocycles. The molecule has 0 spiro atoms. The fourth-order valence-electron chi connectivity index (χ4n) is 3.52. The SMILES string of the molecule is O=C(CN1CCC(NC(=O)c2csc(-c3ccc(Cl)cc3)n2)CC1)Nc1ccccc1. The first-order valence-electron chi connectivity index (χ1n) is 10.2. The van der Waals surface area contributed by atoms with E-state index in [1.54, 1.807) is 5.38 Å². The number of amides is 2. The zero-order chi connectivity index (χ0) is 21.6. The summed E-state index contributed by atoms with van der Waals surface area (Å²) in [6.07, 6.45) is 1.61. The first kappa shape index (κ1) is 21.5. The van der Waals surface area contributed by atoms with Crippen LogP contribution >= 0.6 is 22.9 Å². The minimum absolute atomic E-state index is 0.0223. The summed E-state index contributed by atoms with van der Waals surface area (Å²) >= 11 is 7.37. The molecule has 0 atom stereocenters. The highest BCUT2D eigenvalue weighted by Gasteiger charge is 2.23. The van der Waals surface area contributed by atoms with E-state index in [4.69, 9.17) is 11.6 Å². The first-order chi connectivity index (χ1) is 15.1. The monoisotopic (exact) mass is 454 g/mol. The van der Waals surface area contributed by atoms with Crippen molar-refractivity contribution < 1.29 is 9.59 Å². The Bertz CT molecular complexity index is 1030. The van der Waals surface area contributed by atoms with Gasteiger partial charge >= 0.3 is 0 Å². The molecule has 160 valence electrons. The molecule has 2 N–H and O–H groups in total. The summed E-state index contributed by atoms with van der Waals surface area (Å²) in [4.78, 5) is 31.4. The highest BCUT2D eigenvalue weighted by Crippen LogP contribution is 2.25. The van der Waals surface area contributed by atoms with E-state index in [1.165, 1.54) is 11.3 Å². The maximum Gasteiger partial charge on any atom is 0.270 e. The van der Waals surface area contributed by atoms with Gasteiger partial charge in [-0.25, -0.2) is 4.98 Å². The summed E-state index contributed by atoms with van der Waals surface area (Å²) in [5.41, 5.74) is 2.17. The Kier molecular flexibility index (Phi) is 6.96. The molecular weight excluding hydrogens is 432 g/mol. The Morgan fingerprint density at radius 3 is 2.48 bits per heavy atom. The molecule has 2 amide bonds. The van der Waals surface area contributed by atoms with Crippen LogP contribution in [0.3, 0.4) is 0 Å². The number of piperidine rings is 1. The van der Waals surface area contributed by atoms with E-state index in [2.05, 4.69) is 20.5 Å². The summed E-state index contributed by atoms with van der Waals surface area (Å²) in [5, 5.41) is 9.23. The number of rotatable bonds is 6. The van der Waals surface area contributed by atoms with Gasteiger partial charge in [0, 0.05) is 40.8 Å². The van der Waals surface area contributed by atoms with Crippen molar-refractivity contribution in [1.82, 2.24) is 15.2 Å². The number of hydrogen-bond donors (Lipinski definition) is 2. The van der Waals surface area contributed by atoms with Crippen molar-refractivity contribution in [2.24, 2.45) is 0 Å². The smallest absolute Gasteiger partial charge is 0.270 e. The fraction of sp³-hybridized carbons (Fsp3) is 0.261. The summed E-state index contributed by atoms with van der Waals surface area (Å²) in [6, 6.07) is 16.9. The Hall–Kier alpha value is -2.74. The summed E-state index contributed by atoms with van der Waals surface area (Å²) < 4.78 is 0. The predicted octanol–water partition coefficient (Wildman–Crippen LogP) is 4.30. The molecule has 0 unspecified atom stereocenters. The zero-order valence-electron chi connectivity index (χ0n) is 16.9. The summed E-state index contributed by atoms with van der Waals surface area (Å²) in [7, 11) is 0. The molecule has 6 nitrogen and oxygen atoms in total. The van der Waals surface area contributed by atoms with Crippen LogP contribution in [0.5, 0.6) is 0 Å². The fourth-order valence-corrected chi connectivity index (χ4v) is 4.46. The van der Waals surface area contributed by atoms with Crippen LogP contribution < -0.4 is 10.6 Å². The van der Waals surface area contributed by atoms with Gasteiger partial charge in [0.05, 0.1) is 6.54 Å². The van der Waals surface area contributed by atoms with Crippen LogP contribution in [0.25, 0.3) is 10.6 Å². The number of carbonyl (C=O) groups excluding carboxylic acids is 2. The topological polar surface area (TPSA) is 74.3 Å². The quantitative estimate of drug-likeness (QED) is 0.582. The maximum absolute atomic E-state index is 12.6. The lowest BCUT2D eigenvalue weighted by Crippen LogP contribution is -2.46. The molecule has 2 heterocycles. The molecule has 3 aromatic rings. The van der Waals surface area contributed by atoms with Crippen LogP contribution in [0.15, 0.2) is 60.0 Å². The molecule has 4 rings (SSSR count). The van der Waals surface area contributed by atoms with Crippen LogP contribution in [0.2, 0.25) is 5.02 Å². The number of halogens is 1. The average Bonchev–Trinajstić information content (AvgIpc) is 3.27. The lowest BCUT2D eigenvalue weighted by Gasteiger charge is -2.31. The van der Waals surface area contributed by atoms with Crippen LogP contribution in [-0.2, 0) is 4.79 Å². The Morgan fingerprint density at radius 1 is 1.06 bits per heavy atom. The zero-order valence-corrected chi connectivity index (χ0v) is 18.5. The van der Waals surface area contributed by atoms with E-state index in [-0.39, 0.29) is 17.9 Å². The third kappa shape index (κ3) is 5.91. The molecule has 2 aromatic carbocycles. The van der Waals surface area contributed by atoms with Gasteiger partial charge in [-0.1, -0.05) is 41.9 Å². The standard InChI is InChI=1S/C23H23ClN4O2S/c24-17-8-6-16(7-9-17)23-27-20(15-31-23)22(30)26-19-10-12-28(13-11-19)14-21(29)25-18-4-2-1-3-5-18/h1-9,15,19H,10-14H2,(H,25,29)(H,26,30). The number of aromatic nitrogens is 1. The van der Waals surface area contributed by atoms with Crippen LogP contribution in [-0.4, -0.2) is 47.4 Å². The largest absolute Gasteiger partial charge is 0.348 e. The Balaban J connectivity index is 1.24. The normalized spacial score (nSPS) is 14.9. The summed E-state index contributed by atoms with van der Waals surface area (Å²) in [6.45, 7) is 1.88. The van der Waals surface area contributed by atoms with Gasteiger partial charge in [-0.15, -0.1) is 11.3 Å². The maximum atomic E-state index is 12.6. The molecular formula is C23H23ClN4O2S. The van der Waals surface area contributed by atoms with Crippen molar-refractivity contribution in [1.29, 1.82) is 0 Å². The van der Waals surface area contributed by atoms with Crippen molar-refractivity contribution in [3.05, 3.63) is 70.7 Å². The number of para-hydroxylation sites is 1. The second-order valence-electron chi connectivity index (χ2n) is 7.48. The molecule has 1 aromatic heterocycles. The molecule has 1 aliphatic heterocycles. The van der Waals surface area contributed by atoms with E-state index in [0.29, 0.717) is 17.3 Å². The molecule has 8 heteroatoms. The molecule has 0 saturated carbocycles. The minimum Gasteiger partial charge on any atom is -0.348 e. The summed E-state index contributed by atoms with van der Waals surface area (Å²) in [5.74, 6) is -0.178. The molecule has 1 aliphatic rings. The van der Waals surface area contributed by atoms with Gasteiger partial charge in [-0.2, -0.15) is 0 Å². The van der Waals surface area contributed by atoms with Gasteiger partial charge in [0.25, 0.3) is 5.91 Å². The number of nitrogens with one attached hydrogen (secondary N) is 2. The lowest BCUT2D eigenvalue weighted by molar-refractivity contribution is -0.117. The first-order valence-corrected chi connectivity index (χ1v) is 11.4. The predicted molar refractivity (Wildman–Crippen MR) is 125 cm³/mol. The van der Waals surface area contributed by atoms with Gasteiger partial charge in [-0.05, 0) is 37.1 Å².